The first kappa shape index (κ1) is 24.6. The van der Waals surface area contributed by atoms with E-state index >= 15 is 0 Å². The van der Waals surface area contributed by atoms with Crippen molar-refractivity contribution in [3.05, 3.63) is 89.5 Å². The number of ether oxygens (including phenoxy) is 2. The van der Waals surface area contributed by atoms with E-state index in [2.05, 4.69) is 15.5 Å². The van der Waals surface area contributed by atoms with Crippen molar-refractivity contribution in [2.45, 2.75) is 18.2 Å². The third-order valence-electron chi connectivity index (χ3n) is 4.95. The number of hydrogen-bond donors (Lipinski definition) is 1. The maximum atomic E-state index is 13.3. The molecule has 10 heteroatoms. The van der Waals surface area contributed by atoms with Crippen molar-refractivity contribution in [3.8, 4) is 17.2 Å². The summed E-state index contributed by atoms with van der Waals surface area (Å²) in [6.45, 7) is 1.88. The van der Waals surface area contributed by atoms with Gasteiger partial charge in [-0.05, 0) is 61.5 Å². The molecule has 0 aliphatic rings. The molecule has 35 heavy (non-hydrogen) atoms. The van der Waals surface area contributed by atoms with Crippen LogP contribution in [0.25, 0.3) is 5.69 Å². The third kappa shape index (κ3) is 6.12. The van der Waals surface area contributed by atoms with Crippen LogP contribution in [0.1, 0.15) is 18.9 Å². The molecule has 0 saturated carbocycles. The second-order valence-corrected chi connectivity index (χ2v) is 8.76. The first-order valence-corrected chi connectivity index (χ1v) is 12.0. The Hall–Kier alpha value is -3.56. The zero-order chi connectivity index (χ0) is 24.8. The normalized spacial score (nSPS) is 11.7. The number of nitrogens with zero attached hydrogens (tertiary/aromatic N) is 3. The van der Waals surface area contributed by atoms with Gasteiger partial charge in [0.2, 0.25) is 5.91 Å². The lowest BCUT2D eigenvalue weighted by Gasteiger charge is -2.17. The van der Waals surface area contributed by atoms with Gasteiger partial charge in [-0.2, -0.15) is 0 Å². The Balaban J connectivity index is 1.52. The Morgan fingerprint density at radius 3 is 2.49 bits per heavy atom. The average Bonchev–Trinajstić information content (AvgIpc) is 3.30. The molecule has 3 aromatic carbocycles. The predicted molar refractivity (Wildman–Crippen MR) is 134 cm³/mol. The molecule has 180 valence electrons. The van der Waals surface area contributed by atoms with E-state index in [0.29, 0.717) is 22.4 Å². The van der Waals surface area contributed by atoms with Gasteiger partial charge in [0.15, 0.2) is 17.1 Å². The number of carbonyl (C=O) groups excluding carboxylic acids is 1. The Morgan fingerprint density at radius 1 is 1.09 bits per heavy atom. The van der Waals surface area contributed by atoms with Crippen LogP contribution < -0.4 is 14.8 Å². The lowest BCUT2D eigenvalue weighted by atomic mass is 10.3. The van der Waals surface area contributed by atoms with E-state index in [1.165, 1.54) is 23.9 Å². The largest absolute Gasteiger partial charge is 0.497 e. The third-order valence-corrected chi connectivity index (χ3v) is 6.19. The first-order chi connectivity index (χ1) is 16.9. The van der Waals surface area contributed by atoms with Crippen molar-refractivity contribution in [1.82, 2.24) is 14.8 Å². The molecule has 1 unspecified atom stereocenters. The van der Waals surface area contributed by atoms with Crippen molar-refractivity contribution in [1.29, 1.82) is 0 Å². The molecule has 1 heterocycles. The molecule has 7 nitrogen and oxygen atoms in total. The summed E-state index contributed by atoms with van der Waals surface area (Å²) >= 11 is 7.22. The minimum atomic E-state index is -0.475. The number of rotatable bonds is 9. The minimum absolute atomic E-state index is 0.0480. The van der Waals surface area contributed by atoms with Crippen LogP contribution in [0.5, 0.6) is 11.5 Å². The fourth-order valence-corrected chi connectivity index (χ4v) is 4.25. The zero-order valence-electron chi connectivity index (χ0n) is 18.9. The summed E-state index contributed by atoms with van der Waals surface area (Å²) < 4.78 is 26.4. The molecule has 0 radical (unpaired) electrons. The number of benzene rings is 3. The minimum Gasteiger partial charge on any atom is -0.497 e. The van der Waals surface area contributed by atoms with Gasteiger partial charge < -0.3 is 14.8 Å². The number of amides is 1. The molecular weight excluding hydrogens is 491 g/mol. The molecule has 0 bridgehead atoms. The molecule has 0 aliphatic carbocycles. The fourth-order valence-electron chi connectivity index (χ4n) is 3.28. The van der Waals surface area contributed by atoms with Crippen molar-refractivity contribution in [2.24, 2.45) is 0 Å². The van der Waals surface area contributed by atoms with Gasteiger partial charge in [-0.1, -0.05) is 41.6 Å². The van der Waals surface area contributed by atoms with E-state index < -0.39 is 11.9 Å². The lowest BCUT2D eigenvalue weighted by Crippen LogP contribution is -2.15. The second kappa shape index (κ2) is 11.2. The zero-order valence-corrected chi connectivity index (χ0v) is 20.5. The molecule has 0 aliphatic heterocycles. The summed E-state index contributed by atoms with van der Waals surface area (Å²) in [5, 5.41) is 12.0. The van der Waals surface area contributed by atoms with Gasteiger partial charge >= 0.3 is 0 Å². The van der Waals surface area contributed by atoms with E-state index in [1.54, 1.807) is 7.11 Å². The van der Waals surface area contributed by atoms with E-state index in [4.69, 9.17) is 21.1 Å². The Kier molecular flexibility index (Phi) is 7.89. The highest BCUT2D eigenvalue weighted by molar-refractivity contribution is 7.99. The van der Waals surface area contributed by atoms with E-state index in [0.717, 1.165) is 17.5 Å². The Labute approximate surface area is 211 Å². The second-order valence-electron chi connectivity index (χ2n) is 7.41. The number of thioether (sulfide) groups is 1. The number of nitrogens with one attached hydrogen (secondary N) is 1. The van der Waals surface area contributed by atoms with Gasteiger partial charge in [0, 0.05) is 5.69 Å². The molecule has 1 aromatic heterocycles. The van der Waals surface area contributed by atoms with E-state index in [9.17, 15) is 9.18 Å². The first-order valence-electron chi connectivity index (χ1n) is 10.6. The van der Waals surface area contributed by atoms with Gasteiger partial charge in [0.1, 0.15) is 17.3 Å². The van der Waals surface area contributed by atoms with Crippen molar-refractivity contribution >= 4 is 35.0 Å². The van der Waals surface area contributed by atoms with E-state index in [1.807, 2.05) is 66.1 Å². The fraction of sp³-hybridized carbons (Fsp3) is 0.160. The number of halogens is 2. The van der Waals surface area contributed by atoms with Crippen molar-refractivity contribution in [3.63, 3.8) is 0 Å². The van der Waals surface area contributed by atoms with Gasteiger partial charge in [0.05, 0.1) is 23.6 Å². The van der Waals surface area contributed by atoms with Crippen LogP contribution in [0.4, 0.5) is 10.1 Å². The van der Waals surface area contributed by atoms with Crippen LogP contribution in [0.15, 0.2) is 78.0 Å². The van der Waals surface area contributed by atoms with Gasteiger partial charge in [0.25, 0.3) is 0 Å². The highest BCUT2D eigenvalue weighted by atomic mass is 35.5. The van der Waals surface area contributed by atoms with Crippen LogP contribution in [0, 0.1) is 5.82 Å². The summed E-state index contributed by atoms with van der Waals surface area (Å²) in [4.78, 5) is 12.5. The number of hydrogen-bond acceptors (Lipinski definition) is 6. The smallest absolute Gasteiger partial charge is 0.234 e. The SMILES string of the molecule is COc1ccc(OC(C)c2nnc(SCC(=O)Nc3ccc(F)cc3Cl)n2-c2ccccc2)cc1. The monoisotopic (exact) mass is 512 g/mol. The maximum Gasteiger partial charge on any atom is 0.234 e. The molecule has 1 N–H and O–H groups in total. The summed E-state index contributed by atoms with van der Waals surface area (Å²) in [7, 11) is 1.61. The maximum absolute atomic E-state index is 13.3. The molecule has 0 fully saturated rings. The van der Waals surface area contributed by atoms with Gasteiger partial charge in [-0.25, -0.2) is 4.39 Å². The molecule has 0 saturated heterocycles. The summed E-state index contributed by atoms with van der Waals surface area (Å²) in [6, 6.07) is 20.7. The molecule has 1 atom stereocenters. The standard InChI is InChI=1S/C25H22ClFN4O3S/c1-16(34-20-11-9-19(33-2)10-12-20)24-29-30-25(31(24)18-6-4-3-5-7-18)35-15-23(32)28-22-13-8-17(27)14-21(22)26/h3-14,16H,15H2,1-2H3,(H,28,32). The number of carbonyl (C=O) groups is 1. The molecular formula is C25H22ClFN4O3S. The van der Waals surface area contributed by atoms with Crippen LogP contribution in [-0.2, 0) is 4.79 Å². The average molecular weight is 513 g/mol. The quantitative estimate of drug-likeness (QED) is 0.280. The Bertz CT molecular complexity index is 1300. The summed E-state index contributed by atoms with van der Waals surface area (Å²) in [6.07, 6.45) is -0.433. The van der Waals surface area contributed by atoms with Crippen LogP contribution in [-0.4, -0.2) is 33.5 Å². The molecule has 4 aromatic rings. The highest BCUT2D eigenvalue weighted by Gasteiger charge is 2.22. The predicted octanol–water partition coefficient (Wildman–Crippen LogP) is 5.94. The molecule has 0 spiro atoms. The van der Waals surface area contributed by atoms with Crippen LogP contribution in [0.3, 0.4) is 0 Å². The number of aromatic nitrogens is 3. The Morgan fingerprint density at radius 2 is 1.80 bits per heavy atom. The van der Waals surface area contributed by atoms with Crippen molar-refractivity contribution < 1.29 is 18.7 Å². The summed E-state index contributed by atoms with van der Waals surface area (Å²) in [5.74, 6) is 1.23. The van der Waals surface area contributed by atoms with E-state index in [-0.39, 0.29) is 16.7 Å². The summed E-state index contributed by atoms with van der Waals surface area (Å²) in [5.41, 5.74) is 1.17. The number of methoxy groups -OCH3 is 1. The molecule has 1 amide bonds. The topological polar surface area (TPSA) is 78.3 Å². The van der Waals surface area contributed by atoms with Crippen molar-refractivity contribution in [2.75, 3.05) is 18.2 Å². The van der Waals surface area contributed by atoms with Crippen LogP contribution in [0.2, 0.25) is 5.02 Å². The number of para-hydroxylation sites is 1. The van der Waals surface area contributed by atoms with Gasteiger partial charge in [-0.15, -0.1) is 10.2 Å². The van der Waals surface area contributed by atoms with Crippen LogP contribution >= 0.6 is 23.4 Å². The number of anilines is 1. The highest BCUT2D eigenvalue weighted by Crippen LogP contribution is 2.29. The van der Waals surface area contributed by atoms with Gasteiger partial charge in [-0.3, -0.25) is 9.36 Å². The molecule has 4 rings (SSSR count). The lowest BCUT2D eigenvalue weighted by molar-refractivity contribution is -0.113.